The Bertz CT molecular complexity index is 947. The van der Waals surface area contributed by atoms with E-state index in [-0.39, 0.29) is 24.2 Å². The Morgan fingerprint density at radius 1 is 1.42 bits per heavy atom. The molecule has 0 saturated heterocycles. The predicted octanol–water partition coefficient (Wildman–Crippen LogP) is 3.86. The second kappa shape index (κ2) is 7.41. The standard InChI is InChI=1S/C18H19BrFN5O/c1-10(2)16-15(19)17(24-23-16)18(26)22-9-12-4-5-14(13(20)8-12)25-7-6-21-11(25)3/h4-8,10H,9H2,1-3H3,(H,22,26)(H,23,24). The molecule has 1 amide bonds. The molecule has 26 heavy (non-hydrogen) atoms. The van der Waals surface area contributed by atoms with Crippen molar-refractivity contribution in [1.29, 1.82) is 0 Å². The number of benzene rings is 1. The number of carbonyl (C=O) groups is 1. The summed E-state index contributed by atoms with van der Waals surface area (Å²) >= 11 is 3.41. The molecular formula is C18H19BrFN5O. The van der Waals surface area contributed by atoms with Gasteiger partial charge in [0.2, 0.25) is 0 Å². The molecule has 3 rings (SSSR count). The van der Waals surface area contributed by atoms with Gasteiger partial charge in [-0.1, -0.05) is 19.9 Å². The molecule has 136 valence electrons. The number of carbonyl (C=O) groups excluding carboxylic acids is 1. The van der Waals surface area contributed by atoms with Crippen LogP contribution in [0.15, 0.2) is 35.1 Å². The molecule has 2 N–H and O–H groups in total. The van der Waals surface area contributed by atoms with Crippen molar-refractivity contribution >= 4 is 21.8 Å². The van der Waals surface area contributed by atoms with Gasteiger partial charge in [-0.25, -0.2) is 9.37 Å². The van der Waals surface area contributed by atoms with E-state index in [1.165, 1.54) is 6.07 Å². The normalized spacial score (nSPS) is 11.2. The number of imidazole rings is 1. The number of hydrogen-bond donors (Lipinski definition) is 2. The van der Waals surface area contributed by atoms with E-state index in [1.807, 2.05) is 13.8 Å². The highest BCUT2D eigenvalue weighted by atomic mass is 79.9. The van der Waals surface area contributed by atoms with Crippen LogP contribution in [0, 0.1) is 12.7 Å². The fourth-order valence-electron chi connectivity index (χ4n) is 2.63. The average Bonchev–Trinajstić information content (AvgIpc) is 3.18. The smallest absolute Gasteiger partial charge is 0.273 e. The van der Waals surface area contributed by atoms with E-state index in [0.29, 0.717) is 27.2 Å². The summed E-state index contributed by atoms with van der Waals surface area (Å²) in [4.78, 5) is 16.4. The van der Waals surface area contributed by atoms with E-state index in [2.05, 4.69) is 36.4 Å². The third kappa shape index (κ3) is 3.55. The van der Waals surface area contributed by atoms with Crippen molar-refractivity contribution in [1.82, 2.24) is 25.1 Å². The number of amides is 1. The maximum atomic E-state index is 14.4. The van der Waals surface area contributed by atoms with Gasteiger partial charge in [-0.05, 0) is 46.5 Å². The Morgan fingerprint density at radius 3 is 2.77 bits per heavy atom. The molecule has 3 aromatic rings. The van der Waals surface area contributed by atoms with E-state index in [1.54, 1.807) is 36.0 Å². The lowest BCUT2D eigenvalue weighted by Crippen LogP contribution is -2.23. The Kier molecular flexibility index (Phi) is 5.22. The first kappa shape index (κ1) is 18.3. The lowest BCUT2D eigenvalue weighted by Gasteiger charge is -2.09. The second-order valence-corrected chi connectivity index (χ2v) is 7.06. The molecule has 0 unspecified atom stereocenters. The molecule has 0 bridgehead atoms. The molecule has 2 heterocycles. The van der Waals surface area contributed by atoms with Gasteiger partial charge in [0.1, 0.15) is 11.6 Å². The van der Waals surface area contributed by atoms with Gasteiger partial charge in [-0.15, -0.1) is 0 Å². The van der Waals surface area contributed by atoms with Crippen LogP contribution >= 0.6 is 15.9 Å². The summed E-state index contributed by atoms with van der Waals surface area (Å²) in [7, 11) is 0. The predicted molar refractivity (Wildman–Crippen MR) is 99.8 cm³/mol. The molecule has 0 spiro atoms. The second-order valence-electron chi connectivity index (χ2n) is 6.27. The summed E-state index contributed by atoms with van der Waals surface area (Å²) in [5.41, 5.74) is 2.24. The van der Waals surface area contributed by atoms with Crippen molar-refractivity contribution < 1.29 is 9.18 Å². The van der Waals surface area contributed by atoms with Crippen LogP contribution < -0.4 is 5.32 Å². The van der Waals surface area contributed by atoms with Crippen LogP contribution in [0.3, 0.4) is 0 Å². The summed E-state index contributed by atoms with van der Waals surface area (Å²) < 4.78 is 16.7. The zero-order valence-corrected chi connectivity index (χ0v) is 16.3. The summed E-state index contributed by atoms with van der Waals surface area (Å²) in [5.74, 6) is 0.219. The average molecular weight is 420 g/mol. The van der Waals surface area contributed by atoms with Gasteiger partial charge in [-0.2, -0.15) is 5.10 Å². The molecule has 2 aromatic heterocycles. The maximum absolute atomic E-state index is 14.4. The lowest BCUT2D eigenvalue weighted by molar-refractivity contribution is 0.0945. The van der Waals surface area contributed by atoms with Crippen LogP contribution in [0.4, 0.5) is 4.39 Å². The topological polar surface area (TPSA) is 75.6 Å². The van der Waals surface area contributed by atoms with E-state index in [4.69, 9.17) is 0 Å². The van der Waals surface area contributed by atoms with Crippen LogP contribution in [0.2, 0.25) is 0 Å². The van der Waals surface area contributed by atoms with Gasteiger partial charge in [0.25, 0.3) is 5.91 Å². The number of nitrogens with one attached hydrogen (secondary N) is 2. The van der Waals surface area contributed by atoms with E-state index >= 15 is 0 Å². The van der Waals surface area contributed by atoms with E-state index in [0.717, 1.165) is 5.69 Å². The highest BCUT2D eigenvalue weighted by Gasteiger charge is 2.19. The Balaban J connectivity index is 1.71. The first-order chi connectivity index (χ1) is 12.4. The SMILES string of the molecule is Cc1nccn1-c1ccc(CNC(=O)c2n[nH]c(C(C)C)c2Br)cc1F. The minimum Gasteiger partial charge on any atom is -0.347 e. The Labute approximate surface area is 159 Å². The molecule has 0 saturated carbocycles. The van der Waals surface area contributed by atoms with Crippen molar-refractivity contribution in [3.05, 3.63) is 63.7 Å². The summed E-state index contributed by atoms with van der Waals surface area (Å²) in [6, 6.07) is 4.86. The molecule has 8 heteroatoms. The molecule has 6 nitrogen and oxygen atoms in total. The number of hydrogen-bond acceptors (Lipinski definition) is 3. The van der Waals surface area contributed by atoms with Crippen molar-refractivity contribution in [2.45, 2.75) is 33.2 Å². The van der Waals surface area contributed by atoms with Crippen molar-refractivity contribution in [2.75, 3.05) is 0 Å². The number of aryl methyl sites for hydroxylation is 1. The van der Waals surface area contributed by atoms with Gasteiger partial charge in [0.15, 0.2) is 5.69 Å². The molecule has 1 aromatic carbocycles. The number of aromatic amines is 1. The third-order valence-corrected chi connectivity index (χ3v) is 4.88. The van der Waals surface area contributed by atoms with E-state index < -0.39 is 0 Å². The quantitative estimate of drug-likeness (QED) is 0.658. The highest BCUT2D eigenvalue weighted by Crippen LogP contribution is 2.25. The molecule has 0 aliphatic carbocycles. The van der Waals surface area contributed by atoms with Crippen molar-refractivity contribution in [3.63, 3.8) is 0 Å². The zero-order chi connectivity index (χ0) is 18.8. The molecule has 0 aliphatic heterocycles. The fourth-order valence-corrected chi connectivity index (χ4v) is 3.44. The van der Waals surface area contributed by atoms with Crippen LogP contribution in [0.25, 0.3) is 5.69 Å². The highest BCUT2D eigenvalue weighted by molar-refractivity contribution is 9.10. The number of H-pyrrole nitrogens is 1. The Hall–Kier alpha value is -2.48. The van der Waals surface area contributed by atoms with Crippen LogP contribution in [0.5, 0.6) is 0 Å². The van der Waals surface area contributed by atoms with Gasteiger partial charge >= 0.3 is 0 Å². The van der Waals surface area contributed by atoms with E-state index in [9.17, 15) is 9.18 Å². The number of nitrogens with zero attached hydrogens (tertiary/aromatic N) is 3. The monoisotopic (exact) mass is 419 g/mol. The number of aromatic nitrogens is 4. The van der Waals surface area contributed by atoms with Gasteiger partial charge in [-0.3, -0.25) is 9.89 Å². The summed E-state index contributed by atoms with van der Waals surface area (Å²) in [5, 5.41) is 9.68. The van der Waals surface area contributed by atoms with Gasteiger partial charge in [0.05, 0.1) is 15.9 Å². The number of halogens is 2. The van der Waals surface area contributed by atoms with Crippen molar-refractivity contribution in [2.24, 2.45) is 0 Å². The molecule has 0 radical (unpaired) electrons. The minimum atomic E-state index is -0.374. The molecule has 0 aliphatic rings. The lowest BCUT2D eigenvalue weighted by atomic mass is 10.1. The van der Waals surface area contributed by atoms with Gasteiger partial charge in [0, 0.05) is 18.9 Å². The minimum absolute atomic E-state index is 0.204. The largest absolute Gasteiger partial charge is 0.347 e. The fraction of sp³-hybridized carbons (Fsp3) is 0.278. The first-order valence-electron chi connectivity index (χ1n) is 8.19. The summed E-state index contributed by atoms with van der Waals surface area (Å²) in [6.45, 7) is 6.02. The van der Waals surface area contributed by atoms with Crippen molar-refractivity contribution in [3.8, 4) is 5.69 Å². The van der Waals surface area contributed by atoms with Crippen LogP contribution in [0.1, 0.15) is 47.3 Å². The van der Waals surface area contributed by atoms with Crippen LogP contribution in [-0.2, 0) is 6.54 Å². The molecule has 0 fully saturated rings. The van der Waals surface area contributed by atoms with Crippen LogP contribution in [-0.4, -0.2) is 25.7 Å². The zero-order valence-electron chi connectivity index (χ0n) is 14.7. The maximum Gasteiger partial charge on any atom is 0.273 e. The third-order valence-electron chi connectivity index (χ3n) is 4.08. The Morgan fingerprint density at radius 2 is 2.19 bits per heavy atom. The molecular weight excluding hydrogens is 401 g/mol. The number of rotatable bonds is 5. The molecule has 0 atom stereocenters. The summed E-state index contributed by atoms with van der Waals surface area (Å²) in [6.07, 6.45) is 3.33. The first-order valence-corrected chi connectivity index (χ1v) is 8.98. The van der Waals surface area contributed by atoms with Gasteiger partial charge < -0.3 is 9.88 Å².